The monoisotopic (exact) mass is 317 g/mol. The van der Waals surface area contributed by atoms with E-state index in [1.807, 2.05) is 30.3 Å². The third-order valence-corrected chi connectivity index (χ3v) is 3.38. The maximum absolute atomic E-state index is 10.8. The summed E-state index contributed by atoms with van der Waals surface area (Å²) in [6, 6.07) is 9.64. The van der Waals surface area contributed by atoms with Crippen molar-refractivity contribution in [1.29, 1.82) is 0 Å². The zero-order valence-corrected chi connectivity index (χ0v) is 12.2. The van der Waals surface area contributed by atoms with E-state index in [0.29, 0.717) is 18.1 Å². The number of hydrogen-bond acceptors (Lipinski definition) is 5. The number of nitrogens with zero attached hydrogens (tertiary/aromatic N) is 4. The number of imidazole rings is 1. The molecule has 2 heterocycles. The minimum Gasteiger partial charge on any atom is -0.481 e. The van der Waals surface area contributed by atoms with Crippen LogP contribution < -0.4 is 5.73 Å². The number of benzene rings is 1. The van der Waals surface area contributed by atoms with Crippen molar-refractivity contribution in [1.82, 2.24) is 19.5 Å². The van der Waals surface area contributed by atoms with Gasteiger partial charge in [0.05, 0.1) is 6.54 Å². The smallest absolute Gasteiger partial charge is 0.311 e. The van der Waals surface area contributed by atoms with E-state index in [4.69, 9.17) is 22.4 Å². The van der Waals surface area contributed by atoms with Crippen molar-refractivity contribution in [2.75, 3.05) is 5.73 Å². The molecular formula is C14H12ClN5O2. The first-order valence-electron chi connectivity index (χ1n) is 6.48. The van der Waals surface area contributed by atoms with E-state index >= 15 is 0 Å². The van der Waals surface area contributed by atoms with E-state index in [1.54, 1.807) is 4.57 Å². The average Bonchev–Trinajstić information content (AvgIpc) is 2.88. The topological polar surface area (TPSA) is 107 Å². The van der Waals surface area contributed by atoms with Gasteiger partial charge < -0.3 is 10.8 Å². The number of carboxylic acids is 1. The van der Waals surface area contributed by atoms with E-state index in [1.165, 1.54) is 0 Å². The minimum atomic E-state index is -1.01. The molecule has 0 radical (unpaired) electrons. The number of carbonyl (C=O) groups is 1. The van der Waals surface area contributed by atoms with Gasteiger partial charge in [-0.15, -0.1) is 0 Å². The van der Waals surface area contributed by atoms with Crippen molar-refractivity contribution < 1.29 is 9.90 Å². The lowest BCUT2D eigenvalue weighted by molar-refractivity contribution is -0.136. The Kier molecular flexibility index (Phi) is 3.64. The van der Waals surface area contributed by atoms with E-state index in [9.17, 15) is 4.79 Å². The Morgan fingerprint density at radius 1 is 1.23 bits per heavy atom. The number of nitrogen functional groups attached to an aromatic ring is 1. The van der Waals surface area contributed by atoms with Crippen LogP contribution in [-0.2, 0) is 17.8 Å². The Hall–Kier alpha value is -2.67. The largest absolute Gasteiger partial charge is 0.481 e. The molecule has 0 fully saturated rings. The van der Waals surface area contributed by atoms with Gasteiger partial charge in [-0.05, 0) is 5.56 Å². The molecule has 0 amide bonds. The highest BCUT2D eigenvalue weighted by Crippen LogP contribution is 2.28. The van der Waals surface area contributed by atoms with Gasteiger partial charge in [-0.2, -0.15) is 0 Å². The lowest BCUT2D eigenvalue weighted by atomic mass is 10.2. The molecular weight excluding hydrogens is 306 g/mol. The lowest BCUT2D eigenvalue weighted by Gasteiger charge is -2.14. The maximum atomic E-state index is 10.8. The van der Waals surface area contributed by atoms with Gasteiger partial charge in [0.25, 0.3) is 0 Å². The minimum absolute atomic E-state index is 0.112. The van der Waals surface area contributed by atoms with Crippen LogP contribution in [0.2, 0.25) is 5.15 Å². The van der Waals surface area contributed by atoms with Gasteiger partial charge >= 0.3 is 5.97 Å². The van der Waals surface area contributed by atoms with Crippen molar-refractivity contribution in [3.8, 4) is 11.5 Å². The first kappa shape index (κ1) is 14.3. The first-order chi connectivity index (χ1) is 10.5. The van der Waals surface area contributed by atoms with Crippen LogP contribution in [0.3, 0.4) is 0 Å². The van der Waals surface area contributed by atoms with Gasteiger partial charge in [0.1, 0.15) is 17.9 Å². The molecule has 0 unspecified atom stereocenters. The number of anilines is 1. The molecule has 8 heteroatoms. The summed E-state index contributed by atoms with van der Waals surface area (Å²) in [5, 5.41) is 8.97. The Labute approximate surface area is 130 Å². The van der Waals surface area contributed by atoms with Crippen LogP contribution in [0.5, 0.6) is 0 Å². The second kappa shape index (κ2) is 5.61. The summed E-state index contributed by atoms with van der Waals surface area (Å²) in [7, 11) is 0. The molecule has 0 bridgehead atoms. The highest BCUT2D eigenvalue weighted by molar-refractivity contribution is 6.31. The van der Waals surface area contributed by atoms with Crippen LogP contribution in [0.4, 0.5) is 5.95 Å². The Morgan fingerprint density at radius 2 is 1.95 bits per heavy atom. The number of halogens is 1. The van der Waals surface area contributed by atoms with Gasteiger partial charge in [0.15, 0.2) is 11.0 Å². The quantitative estimate of drug-likeness (QED) is 0.709. The standard InChI is InChI=1S/C14H12ClN5O2/c15-12-11-13(18-9(17-11)6-10(21)22)20(14(16)19-12)7-8-4-2-1-3-5-8/h1-5H,6-7H2,(H2,16,19)(H,21,22). The van der Waals surface area contributed by atoms with Gasteiger partial charge in [0.2, 0.25) is 5.95 Å². The summed E-state index contributed by atoms with van der Waals surface area (Å²) in [5.74, 6) is -0.207. The van der Waals surface area contributed by atoms with Crippen LogP contribution in [0.25, 0.3) is 11.5 Å². The number of aliphatic carboxylic acids is 1. The SMILES string of the molecule is Nc1nc(Cl)c2nc(CC(=O)O)nc-2n1Cc1ccccc1. The fourth-order valence-corrected chi connectivity index (χ4v) is 2.38. The number of rotatable bonds is 4. The summed E-state index contributed by atoms with van der Waals surface area (Å²) < 4.78 is 1.66. The molecule has 1 aromatic rings. The average molecular weight is 318 g/mol. The molecule has 0 aliphatic carbocycles. The van der Waals surface area contributed by atoms with Crippen LogP contribution >= 0.6 is 11.6 Å². The molecule has 0 atom stereocenters. The molecule has 2 aliphatic rings. The normalized spacial score (nSPS) is 11.0. The number of fused-ring (bicyclic) bond motifs is 1. The molecule has 3 N–H and O–H groups in total. The highest BCUT2D eigenvalue weighted by Gasteiger charge is 2.22. The number of hydrogen-bond donors (Lipinski definition) is 2. The summed E-state index contributed by atoms with van der Waals surface area (Å²) in [4.78, 5) is 23.2. The Balaban J connectivity index is 2.09. The first-order valence-corrected chi connectivity index (χ1v) is 6.86. The molecule has 22 heavy (non-hydrogen) atoms. The molecule has 0 saturated carbocycles. The van der Waals surface area contributed by atoms with Gasteiger partial charge in [-0.1, -0.05) is 41.9 Å². The van der Waals surface area contributed by atoms with E-state index < -0.39 is 5.97 Å². The van der Waals surface area contributed by atoms with Crippen molar-refractivity contribution in [3.63, 3.8) is 0 Å². The number of nitrogens with two attached hydrogens (primary N) is 1. The van der Waals surface area contributed by atoms with Crippen LogP contribution in [0.1, 0.15) is 11.4 Å². The van der Waals surface area contributed by atoms with Crippen molar-refractivity contribution in [2.45, 2.75) is 13.0 Å². The summed E-state index contributed by atoms with van der Waals surface area (Å²) in [6.45, 7) is 0.443. The third-order valence-electron chi connectivity index (χ3n) is 3.12. The molecule has 2 aliphatic heterocycles. The molecule has 0 aromatic heterocycles. The molecule has 7 nitrogen and oxygen atoms in total. The van der Waals surface area contributed by atoms with E-state index in [2.05, 4.69) is 15.0 Å². The molecule has 0 spiro atoms. The summed E-state index contributed by atoms with van der Waals surface area (Å²) in [5.41, 5.74) is 7.29. The van der Waals surface area contributed by atoms with Gasteiger partial charge in [0, 0.05) is 0 Å². The zero-order valence-electron chi connectivity index (χ0n) is 11.4. The second-order valence-electron chi connectivity index (χ2n) is 4.72. The lowest BCUT2D eigenvalue weighted by Crippen LogP contribution is -2.13. The predicted molar refractivity (Wildman–Crippen MR) is 80.7 cm³/mol. The van der Waals surface area contributed by atoms with Gasteiger partial charge in [-0.25, -0.2) is 15.0 Å². The van der Waals surface area contributed by atoms with E-state index in [-0.39, 0.29) is 23.3 Å². The van der Waals surface area contributed by atoms with Crippen molar-refractivity contribution >= 4 is 23.5 Å². The van der Waals surface area contributed by atoms with Crippen LogP contribution in [-0.4, -0.2) is 30.6 Å². The Morgan fingerprint density at radius 3 is 2.64 bits per heavy atom. The predicted octanol–water partition coefficient (Wildman–Crippen LogP) is 1.69. The second-order valence-corrected chi connectivity index (χ2v) is 5.07. The highest BCUT2D eigenvalue weighted by atomic mass is 35.5. The number of carboxylic acid groups (broad SMARTS) is 1. The molecule has 0 saturated heterocycles. The molecule has 112 valence electrons. The molecule has 1 aromatic carbocycles. The number of aromatic nitrogens is 4. The summed E-state index contributed by atoms with van der Waals surface area (Å²) in [6.07, 6.45) is -0.281. The molecule has 3 rings (SSSR count). The van der Waals surface area contributed by atoms with Gasteiger partial charge in [-0.3, -0.25) is 9.36 Å². The van der Waals surface area contributed by atoms with E-state index in [0.717, 1.165) is 5.56 Å². The van der Waals surface area contributed by atoms with Crippen molar-refractivity contribution in [3.05, 3.63) is 46.9 Å². The van der Waals surface area contributed by atoms with Crippen LogP contribution in [0.15, 0.2) is 30.3 Å². The fourth-order valence-electron chi connectivity index (χ4n) is 2.16. The van der Waals surface area contributed by atoms with Crippen LogP contribution in [0, 0.1) is 0 Å². The maximum Gasteiger partial charge on any atom is 0.311 e. The van der Waals surface area contributed by atoms with Crippen molar-refractivity contribution in [2.24, 2.45) is 0 Å². The zero-order chi connectivity index (χ0) is 15.7. The summed E-state index contributed by atoms with van der Waals surface area (Å²) >= 11 is 6.03. The third kappa shape index (κ3) is 2.71. The fraction of sp³-hybridized carbons (Fsp3) is 0.143. The Bertz CT molecular complexity index is 803.